The molecule has 1 heterocycles. The highest BCUT2D eigenvalue weighted by atomic mass is 16.7. The van der Waals surface area contributed by atoms with Crippen LogP contribution >= 0.6 is 0 Å². The van der Waals surface area contributed by atoms with Crippen molar-refractivity contribution in [1.82, 2.24) is 4.90 Å². The van der Waals surface area contributed by atoms with Crippen molar-refractivity contribution in [3.05, 3.63) is 12.1 Å². The second kappa shape index (κ2) is 12.1. The summed E-state index contributed by atoms with van der Waals surface area (Å²) in [4.78, 5) is 13.3. The maximum atomic E-state index is 11.8. The quantitative estimate of drug-likeness (QED) is 0.349. The van der Waals surface area contributed by atoms with Gasteiger partial charge < -0.3 is 33.2 Å². The summed E-state index contributed by atoms with van der Waals surface area (Å²) in [6.45, 7) is 16.9. The first kappa shape index (κ1) is 26.9. The normalized spacial score (nSPS) is 18.2. The fourth-order valence-corrected chi connectivity index (χ4v) is 2.36. The summed E-state index contributed by atoms with van der Waals surface area (Å²) >= 11 is 0. The van der Waals surface area contributed by atoms with Crippen LogP contribution in [-0.4, -0.2) is 88.1 Å². The number of hydrogen-bond acceptors (Lipinski definition) is 7. The largest absolute Gasteiger partial charge is 0.486 e. The van der Waals surface area contributed by atoms with Crippen LogP contribution in [0, 0.1) is 0 Å². The summed E-state index contributed by atoms with van der Waals surface area (Å²) in [5, 5.41) is 0. The van der Waals surface area contributed by atoms with Crippen molar-refractivity contribution in [1.29, 1.82) is 0 Å². The molecule has 8 nitrogen and oxygen atoms in total. The van der Waals surface area contributed by atoms with Crippen LogP contribution in [0.4, 0.5) is 4.79 Å². The van der Waals surface area contributed by atoms with Gasteiger partial charge >= 0.3 is 13.2 Å². The molecule has 0 aromatic carbocycles. The highest BCUT2D eigenvalue weighted by Gasteiger charge is 2.49. The van der Waals surface area contributed by atoms with Crippen molar-refractivity contribution in [3.8, 4) is 0 Å². The number of amides is 1. The van der Waals surface area contributed by atoms with E-state index in [1.807, 2.05) is 60.5 Å². The highest BCUT2D eigenvalue weighted by molar-refractivity contribution is 6.51. The maximum absolute atomic E-state index is 11.8. The van der Waals surface area contributed by atoms with Gasteiger partial charge in [-0.2, -0.15) is 0 Å². The van der Waals surface area contributed by atoms with Gasteiger partial charge in [-0.1, -0.05) is 12.1 Å². The van der Waals surface area contributed by atoms with E-state index < -0.39 is 5.60 Å². The van der Waals surface area contributed by atoms with Crippen LogP contribution in [-0.2, 0) is 28.3 Å². The molecule has 0 aliphatic carbocycles. The van der Waals surface area contributed by atoms with Gasteiger partial charge in [0.1, 0.15) is 5.60 Å². The van der Waals surface area contributed by atoms with Gasteiger partial charge in [-0.05, 0) is 48.5 Å². The van der Waals surface area contributed by atoms with Crippen LogP contribution in [0.2, 0.25) is 0 Å². The molecule has 30 heavy (non-hydrogen) atoms. The zero-order valence-electron chi connectivity index (χ0n) is 20.0. The molecule has 0 atom stereocenters. The Kier molecular flexibility index (Phi) is 10.8. The van der Waals surface area contributed by atoms with E-state index in [0.29, 0.717) is 46.2 Å². The zero-order chi connectivity index (χ0) is 22.8. The molecule has 1 amide bonds. The van der Waals surface area contributed by atoms with Gasteiger partial charge in [-0.15, -0.1) is 0 Å². The molecule has 1 fully saturated rings. The molecule has 0 unspecified atom stereocenters. The van der Waals surface area contributed by atoms with Gasteiger partial charge in [0, 0.05) is 13.6 Å². The average Bonchev–Trinajstić information content (AvgIpc) is 2.80. The Labute approximate surface area is 182 Å². The lowest BCUT2D eigenvalue weighted by molar-refractivity contribution is 0.00578. The maximum Gasteiger partial charge on any atom is 0.486 e. The molecule has 0 radical (unpaired) electrons. The predicted molar refractivity (Wildman–Crippen MR) is 117 cm³/mol. The third kappa shape index (κ3) is 10.3. The van der Waals surface area contributed by atoms with Gasteiger partial charge in [-0.25, -0.2) is 4.79 Å². The Balaban J connectivity index is 1.95. The van der Waals surface area contributed by atoms with Crippen LogP contribution in [0.5, 0.6) is 0 Å². The molecule has 174 valence electrons. The number of ether oxygens (including phenoxy) is 4. The molecule has 0 aromatic heterocycles. The Morgan fingerprint density at radius 1 is 0.933 bits per heavy atom. The van der Waals surface area contributed by atoms with Crippen LogP contribution in [0.1, 0.15) is 48.5 Å². The van der Waals surface area contributed by atoms with Crippen molar-refractivity contribution >= 4 is 13.2 Å². The molecule has 1 saturated heterocycles. The van der Waals surface area contributed by atoms with E-state index in [1.54, 1.807) is 7.05 Å². The Bertz CT molecular complexity index is 530. The molecule has 0 saturated carbocycles. The summed E-state index contributed by atoms with van der Waals surface area (Å²) in [6, 6.07) is 0. The number of nitrogens with zero attached hydrogens (tertiary/aromatic N) is 1. The van der Waals surface area contributed by atoms with Crippen molar-refractivity contribution in [2.75, 3.05) is 53.2 Å². The molecular weight excluding hydrogens is 389 g/mol. The summed E-state index contributed by atoms with van der Waals surface area (Å²) in [5.74, 6) is 1.87. The molecular formula is C21H40BNO7. The first-order valence-electron chi connectivity index (χ1n) is 10.5. The van der Waals surface area contributed by atoms with E-state index in [9.17, 15) is 4.79 Å². The van der Waals surface area contributed by atoms with Gasteiger partial charge in [0.05, 0.1) is 50.8 Å². The molecule has 1 aliphatic heterocycles. The van der Waals surface area contributed by atoms with E-state index in [4.69, 9.17) is 28.3 Å². The molecule has 0 spiro atoms. The minimum atomic E-state index is -0.496. The second-order valence-corrected chi connectivity index (χ2v) is 9.25. The van der Waals surface area contributed by atoms with Gasteiger partial charge in [0.2, 0.25) is 0 Å². The van der Waals surface area contributed by atoms with E-state index in [-0.39, 0.29) is 24.4 Å². The van der Waals surface area contributed by atoms with Crippen molar-refractivity contribution in [2.24, 2.45) is 0 Å². The van der Waals surface area contributed by atoms with Crippen molar-refractivity contribution < 1.29 is 33.1 Å². The highest BCUT2D eigenvalue weighted by Crippen LogP contribution is 2.36. The summed E-state index contributed by atoms with van der Waals surface area (Å²) in [7, 11) is 1.34. The van der Waals surface area contributed by atoms with Crippen molar-refractivity contribution in [2.45, 2.75) is 65.3 Å². The van der Waals surface area contributed by atoms with Gasteiger partial charge in [0.15, 0.2) is 0 Å². The van der Waals surface area contributed by atoms with E-state index in [1.165, 1.54) is 4.90 Å². The van der Waals surface area contributed by atoms with Crippen LogP contribution in [0.25, 0.3) is 0 Å². The fraction of sp³-hybridized carbons (Fsp3) is 0.857. The molecule has 1 aliphatic rings. The lowest BCUT2D eigenvalue weighted by Gasteiger charge is -2.32. The van der Waals surface area contributed by atoms with Crippen LogP contribution in [0.3, 0.4) is 0 Å². The standard InChI is InChI=1S/C21H40BNO7/c1-19(2,3)28-18(24)23(8)11-13-26-15-17-27-16-14-25-12-9-10-22-29-20(4,5)21(6,7)30-22/h9-10H,11-17H2,1-8H3/b10-9+. The summed E-state index contributed by atoms with van der Waals surface area (Å²) in [6.07, 6.45) is 1.54. The van der Waals surface area contributed by atoms with E-state index in [2.05, 4.69) is 0 Å². The Morgan fingerprint density at radius 3 is 1.97 bits per heavy atom. The summed E-state index contributed by atoms with van der Waals surface area (Å²) < 4.78 is 33.4. The molecule has 0 bridgehead atoms. The van der Waals surface area contributed by atoms with Crippen LogP contribution in [0.15, 0.2) is 12.1 Å². The average molecular weight is 429 g/mol. The Morgan fingerprint density at radius 2 is 1.43 bits per heavy atom. The van der Waals surface area contributed by atoms with Crippen molar-refractivity contribution in [3.63, 3.8) is 0 Å². The zero-order valence-corrected chi connectivity index (χ0v) is 20.0. The topological polar surface area (TPSA) is 75.7 Å². The number of likely N-dealkylation sites (N-methyl/N-ethyl adjacent to an activating group) is 1. The van der Waals surface area contributed by atoms with Gasteiger partial charge in [-0.3, -0.25) is 0 Å². The third-order valence-corrected chi connectivity index (χ3v) is 4.80. The van der Waals surface area contributed by atoms with Gasteiger partial charge in [0.25, 0.3) is 0 Å². The minimum absolute atomic E-state index is 0.329. The number of carbonyl (C=O) groups excluding carboxylic acids is 1. The number of rotatable bonds is 12. The van der Waals surface area contributed by atoms with Crippen LogP contribution < -0.4 is 0 Å². The molecule has 1 rings (SSSR count). The Hall–Kier alpha value is -1.13. The number of carbonyl (C=O) groups is 1. The fourth-order valence-electron chi connectivity index (χ4n) is 2.36. The lowest BCUT2D eigenvalue weighted by Crippen LogP contribution is -2.41. The first-order valence-corrected chi connectivity index (χ1v) is 10.5. The smallest absolute Gasteiger partial charge is 0.444 e. The second-order valence-electron chi connectivity index (χ2n) is 9.25. The SMILES string of the molecule is CN(CCOCCOCCOC/C=C/B1OC(C)(C)C(C)(C)O1)C(=O)OC(C)(C)C. The predicted octanol–water partition coefficient (Wildman–Crippen LogP) is 3.09. The minimum Gasteiger partial charge on any atom is -0.444 e. The third-order valence-electron chi connectivity index (χ3n) is 4.80. The molecule has 9 heteroatoms. The number of hydrogen-bond donors (Lipinski definition) is 0. The first-order chi connectivity index (χ1) is 13.8. The monoisotopic (exact) mass is 429 g/mol. The molecule has 0 aromatic rings. The summed E-state index contributed by atoms with van der Waals surface area (Å²) in [5.41, 5.74) is -1.16. The van der Waals surface area contributed by atoms with E-state index >= 15 is 0 Å². The molecule has 0 N–H and O–H groups in total. The lowest BCUT2D eigenvalue weighted by atomic mass is 9.90. The van der Waals surface area contributed by atoms with E-state index in [0.717, 1.165) is 0 Å².